The van der Waals surface area contributed by atoms with Crippen molar-refractivity contribution in [3.05, 3.63) is 57.8 Å². The molecule has 0 saturated carbocycles. The molecule has 0 aliphatic carbocycles. The first-order valence-electron chi connectivity index (χ1n) is 6.65. The molecule has 0 aliphatic rings. The van der Waals surface area contributed by atoms with Crippen LogP contribution in [0.4, 0.5) is 11.5 Å². The molecule has 1 aromatic carbocycles. The van der Waals surface area contributed by atoms with Gasteiger partial charge in [-0.05, 0) is 6.07 Å². The molecule has 0 radical (unpaired) electrons. The first kappa shape index (κ1) is 16.2. The predicted molar refractivity (Wildman–Crippen MR) is 82.6 cm³/mol. The summed E-state index contributed by atoms with van der Waals surface area (Å²) in [4.78, 5) is 25.9. The maximum absolute atomic E-state index is 11.4. The number of esters is 1. The van der Waals surface area contributed by atoms with E-state index < -0.39 is 10.9 Å². The van der Waals surface area contributed by atoms with Crippen LogP contribution in [0.5, 0.6) is 5.75 Å². The number of aromatic nitrogens is 1. The molecule has 0 amide bonds. The smallest absolute Gasteiger partial charge is 0.339 e. The van der Waals surface area contributed by atoms with Crippen LogP contribution in [0.15, 0.2) is 36.5 Å². The molecule has 0 atom stereocenters. The number of carbonyl (C=O) groups is 1. The minimum absolute atomic E-state index is 0.0158. The number of pyridine rings is 1. The molecule has 0 unspecified atom stereocenters. The normalized spacial score (nSPS) is 10.0. The first-order valence-corrected chi connectivity index (χ1v) is 6.65. The van der Waals surface area contributed by atoms with E-state index in [0.717, 1.165) is 11.6 Å². The second-order valence-electron chi connectivity index (χ2n) is 4.51. The Labute approximate surface area is 132 Å². The van der Waals surface area contributed by atoms with Crippen molar-refractivity contribution in [1.82, 2.24) is 4.98 Å². The number of carbonyl (C=O) groups excluding carboxylic acids is 1. The lowest BCUT2D eigenvalue weighted by molar-refractivity contribution is -0.384. The highest BCUT2D eigenvalue weighted by molar-refractivity contribution is 5.90. The molecule has 2 aromatic rings. The van der Waals surface area contributed by atoms with Crippen molar-refractivity contribution in [3.63, 3.8) is 0 Å². The molecule has 2 rings (SSSR count). The fraction of sp³-hybridized carbons (Fsp3) is 0.200. The van der Waals surface area contributed by atoms with Crippen LogP contribution >= 0.6 is 0 Å². The Morgan fingerprint density at radius 3 is 2.74 bits per heavy atom. The summed E-state index contributed by atoms with van der Waals surface area (Å²) < 4.78 is 9.75. The predicted octanol–water partition coefficient (Wildman–Crippen LogP) is 2.40. The van der Waals surface area contributed by atoms with Gasteiger partial charge in [-0.2, -0.15) is 0 Å². The minimum atomic E-state index is -0.683. The molecule has 23 heavy (non-hydrogen) atoms. The van der Waals surface area contributed by atoms with Crippen molar-refractivity contribution >= 4 is 17.5 Å². The highest BCUT2D eigenvalue weighted by Gasteiger charge is 2.19. The molecule has 1 aromatic heterocycles. The lowest BCUT2D eigenvalue weighted by Gasteiger charge is -2.10. The third-order valence-corrected chi connectivity index (χ3v) is 3.12. The van der Waals surface area contributed by atoms with Gasteiger partial charge in [-0.3, -0.25) is 10.1 Å². The van der Waals surface area contributed by atoms with Gasteiger partial charge in [0.25, 0.3) is 0 Å². The molecule has 1 N–H and O–H groups in total. The number of nitrogens with one attached hydrogen (secondary N) is 1. The van der Waals surface area contributed by atoms with E-state index in [0.29, 0.717) is 5.75 Å². The molecule has 0 aliphatic heterocycles. The number of nitro groups is 1. The van der Waals surface area contributed by atoms with E-state index in [-0.39, 0.29) is 23.6 Å². The van der Waals surface area contributed by atoms with Crippen LogP contribution in [0.3, 0.4) is 0 Å². The fourth-order valence-corrected chi connectivity index (χ4v) is 1.99. The Hall–Kier alpha value is -3.16. The van der Waals surface area contributed by atoms with Crippen molar-refractivity contribution in [2.24, 2.45) is 0 Å². The summed E-state index contributed by atoms with van der Waals surface area (Å²) in [5.74, 6) is 0.0410. The number of rotatable bonds is 6. The number of hydrogen-bond donors (Lipinski definition) is 1. The largest absolute Gasteiger partial charge is 0.496 e. The number of hydrogen-bond acceptors (Lipinski definition) is 7. The number of para-hydroxylation sites is 1. The number of benzene rings is 1. The molecule has 120 valence electrons. The topological polar surface area (TPSA) is 104 Å². The molecule has 0 fully saturated rings. The molecular formula is C15H15N3O5. The summed E-state index contributed by atoms with van der Waals surface area (Å²) in [5.41, 5.74) is 0.535. The van der Waals surface area contributed by atoms with Gasteiger partial charge in [0.15, 0.2) is 0 Å². The molecule has 0 saturated heterocycles. The van der Waals surface area contributed by atoms with Crippen LogP contribution in [-0.2, 0) is 11.3 Å². The van der Waals surface area contributed by atoms with Gasteiger partial charge < -0.3 is 14.8 Å². The van der Waals surface area contributed by atoms with E-state index in [1.807, 2.05) is 18.2 Å². The van der Waals surface area contributed by atoms with E-state index >= 15 is 0 Å². The van der Waals surface area contributed by atoms with E-state index in [1.165, 1.54) is 13.3 Å². The molecule has 1 heterocycles. The second-order valence-corrected chi connectivity index (χ2v) is 4.51. The summed E-state index contributed by atoms with van der Waals surface area (Å²) >= 11 is 0. The Balaban J connectivity index is 2.25. The molecule has 8 nitrogen and oxygen atoms in total. The Kier molecular flexibility index (Phi) is 5.08. The third kappa shape index (κ3) is 3.73. The van der Waals surface area contributed by atoms with Gasteiger partial charge in [0, 0.05) is 24.4 Å². The fourth-order valence-electron chi connectivity index (χ4n) is 1.99. The van der Waals surface area contributed by atoms with Crippen LogP contribution in [0, 0.1) is 10.1 Å². The zero-order valence-electron chi connectivity index (χ0n) is 12.6. The van der Waals surface area contributed by atoms with E-state index in [2.05, 4.69) is 15.0 Å². The van der Waals surface area contributed by atoms with Crippen LogP contribution in [-0.4, -0.2) is 30.1 Å². The van der Waals surface area contributed by atoms with Crippen LogP contribution in [0.1, 0.15) is 15.9 Å². The highest BCUT2D eigenvalue weighted by atomic mass is 16.6. The summed E-state index contributed by atoms with van der Waals surface area (Å²) in [6.07, 6.45) is 1.23. The van der Waals surface area contributed by atoms with Gasteiger partial charge in [-0.15, -0.1) is 0 Å². The van der Waals surface area contributed by atoms with E-state index in [1.54, 1.807) is 13.2 Å². The Morgan fingerprint density at radius 1 is 1.35 bits per heavy atom. The van der Waals surface area contributed by atoms with Crippen molar-refractivity contribution in [2.75, 3.05) is 19.5 Å². The molecular weight excluding hydrogens is 302 g/mol. The van der Waals surface area contributed by atoms with Gasteiger partial charge >= 0.3 is 11.7 Å². The van der Waals surface area contributed by atoms with E-state index in [9.17, 15) is 14.9 Å². The Bertz CT molecular complexity index is 733. The van der Waals surface area contributed by atoms with Crippen molar-refractivity contribution in [1.29, 1.82) is 0 Å². The zero-order valence-corrected chi connectivity index (χ0v) is 12.6. The molecule has 0 bridgehead atoms. The monoisotopic (exact) mass is 317 g/mol. The zero-order chi connectivity index (χ0) is 16.8. The van der Waals surface area contributed by atoms with Gasteiger partial charge in [-0.25, -0.2) is 9.78 Å². The summed E-state index contributed by atoms with van der Waals surface area (Å²) in [7, 11) is 2.74. The number of ether oxygens (including phenoxy) is 2. The van der Waals surface area contributed by atoms with Gasteiger partial charge in [0.05, 0.1) is 24.7 Å². The lowest BCUT2D eigenvalue weighted by atomic mass is 10.2. The number of methoxy groups -OCH3 is 2. The minimum Gasteiger partial charge on any atom is -0.496 e. The summed E-state index contributed by atoms with van der Waals surface area (Å²) in [5, 5.41) is 14.1. The highest BCUT2D eigenvalue weighted by Crippen LogP contribution is 2.25. The lowest BCUT2D eigenvalue weighted by Crippen LogP contribution is -2.08. The maximum atomic E-state index is 11.4. The maximum Gasteiger partial charge on any atom is 0.339 e. The van der Waals surface area contributed by atoms with E-state index in [4.69, 9.17) is 4.74 Å². The third-order valence-electron chi connectivity index (χ3n) is 3.12. The van der Waals surface area contributed by atoms with Gasteiger partial charge in [-0.1, -0.05) is 18.2 Å². The summed E-state index contributed by atoms with van der Waals surface area (Å²) in [6, 6.07) is 8.42. The summed E-state index contributed by atoms with van der Waals surface area (Å²) in [6.45, 7) is 0.287. The van der Waals surface area contributed by atoms with Crippen LogP contribution < -0.4 is 10.1 Å². The van der Waals surface area contributed by atoms with Crippen molar-refractivity contribution in [3.8, 4) is 5.75 Å². The number of nitrogens with zero attached hydrogens (tertiary/aromatic N) is 2. The Morgan fingerprint density at radius 2 is 2.09 bits per heavy atom. The van der Waals surface area contributed by atoms with Gasteiger partial charge in [0.1, 0.15) is 5.75 Å². The van der Waals surface area contributed by atoms with Crippen LogP contribution in [0.2, 0.25) is 0 Å². The quantitative estimate of drug-likeness (QED) is 0.495. The second kappa shape index (κ2) is 7.21. The standard InChI is InChI=1S/C15H15N3O5/c1-22-13-6-4-3-5-10(13)8-16-14-12(18(20)21)7-11(9-17-14)15(19)23-2/h3-7,9H,8H2,1-2H3,(H,16,17). The van der Waals surface area contributed by atoms with Gasteiger partial charge in [0.2, 0.25) is 5.82 Å². The van der Waals surface area contributed by atoms with Crippen LogP contribution in [0.25, 0.3) is 0 Å². The molecule has 8 heteroatoms. The number of anilines is 1. The SMILES string of the molecule is COC(=O)c1cnc(NCc2ccccc2OC)c([N+](=O)[O-])c1. The van der Waals surface area contributed by atoms with Crippen molar-refractivity contribution < 1.29 is 19.2 Å². The first-order chi connectivity index (χ1) is 11.1. The average molecular weight is 317 g/mol. The van der Waals surface area contributed by atoms with Crippen molar-refractivity contribution in [2.45, 2.75) is 6.54 Å². The average Bonchev–Trinajstić information content (AvgIpc) is 2.59. The molecule has 0 spiro atoms.